The van der Waals surface area contributed by atoms with Crippen molar-refractivity contribution in [3.8, 4) is 0 Å². The Hall–Kier alpha value is -0.160. The highest BCUT2D eigenvalue weighted by Gasteiger charge is 2.44. The number of ether oxygens (including phenoxy) is 3. The first-order valence-electron chi connectivity index (χ1n) is 8.25. The molecular weight excluding hydrogens is 254 g/mol. The minimum absolute atomic E-state index is 0.0129. The fraction of sp³-hybridized carbons (Fsp3) is 1.00. The number of rotatable bonds is 7. The predicted molar refractivity (Wildman–Crippen MR) is 80.0 cm³/mol. The normalized spacial score (nSPS) is 33.5. The van der Waals surface area contributed by atoms with E-state index in [9.17, 15) is 0 Å². The lowest BCUT2D eigenvalue weighted by Gasteiger charge is -2.42. The van der Waals surface area contributed by atoms with Crippen LogP contribution in [-0.4, -0.2) is 51.2 Å². The van der Waals surface area contributed by atoms with Crippen molar-refractivity contribution in [2.45, 2.75) is 63.7 Å². The highest BCUT2D eigenvalue weighted by Crippen LogP contribution is 2.38. The number of hydrogen-bond donors (Lipinski definition) is 1. The van der Waals surface area contributed by atoms with E-state index in [0.29, 0.717) is 18.1 Å². The Kier molecular flexibility index (Phi) is 6.27. The lowest BCUT2D eigenvalue weighted by molar-refractivity contribution is -0.112. The van der Waals surface area contributed by atoms with E-state index in [-0.39, 0.29) is 5.60 Å². The maximum atomic E-state index is 6.06. The van der Waals surface area contributed by atoms with Gasteiger partial charge in [-0.3, -0.25) is 0 Å². The summed E-state index contributed by atoms with van der Waals surface area (Å²) >= 11 is 0. The molecule has 2 heterocycles. The molecule has 1 spiro atoms. The average molecular weight is 285 g/mol. The quantitative estimate of drug-likeness (QED) is 0.779. The Labute approximate surface area is 123 Å². The van der Waals surface area contributed by atoms with Crippen LogP contribution in [0.2, 0.25) is 0 Å². The summed E-state index contributed by atoms with van der Waals surface area (Å²) < 4.78 is 17.6. The van der Waals surface area contributed by atoms with Crippen LogP contribution in [0.1, 0.15) is 46.0 Å². The highest BCUT2D eigenvalue weighted by molar-refractivity contribution is 4.95. The van der Waals surface area contributed by atoms with Crippen molar-refractivity contribution in [3.05, 3.63) is 0 Å². The predicted octanol–water partition coefficient (Wildman–Crippen LogP) is 2.37. The third kappa shape index (κ3) is 3.73. The monoisotopic (exact) mass is 285 g/mol. The van der Waals surface area contributed by atoms with E-state index in [0.717, 1.165) is 52.1 Å². The third-order valence-electron chi connectivity index (χ3n) is 4.79. The molecule has 0 saturated carbocycles. The van der Waals surface area contributed by atoms with E-state index in [1.165, 1.54) is 6.42 Å². The summed E-state index contributed by atoms with van der Waals surface area (Å²) in [5, 5.41) is 3.53. The van der Waals surface area contributed by atoms with Crippen LogP contribution in [0.3, 0.4) is 0 Å². The molecular formula is C16H31NO3. The van der Waals surface area contributed by atoms with Crippen LogP contribution >= 0.6 is 0 Å². The van der Waals surface area contributed by atoms with Gasteiger partial charge in [0.15, 0.2) is 0 Å². The van der Waals surface area contributed by atoms with Gasteiger partial charge in [-0.1, -0.05) is 13.3 Å². The first-order chi connectivity index (χ1) is 9.74. The molecule has 118 valence electrons. The van der Waals surface area contributed by atoms with Gasteiger partial charge < -0.3 is 19.5 Å². The molecule has 0 amide bonds. The highest BCUT2D eigenvalue weighted by atomic mass is 16.6. The standard InChI is InChI=1S/C16H31NO3/c1-4-6-14(19-5-2)15(17-3)13-7-9-20-16(11-13)8-10-18-12-16/h13-15,17H,4-12H2,1-3H3. The SMILES string of the molecule is CCCC(OCC)C(NC)C1CCOC2(CCOC2)C1. The van der Waals surface area contributed by atoms with Gasteiger partial charge in [0.2, 0.25) is 0 Å². The Morgan fingerprint density at radius 1 is 1.35 bits per heavy atom. The second-order valence-electron chi connectivity index (χ2n) is 6.18. The van der Waals surface area contributed by atoms with Gasteiger partial charge >= 0.3 is 0 Å². The molecule has 2 fully saturated rings. The summed E-state index contributed by atoms with van der Waals surface area (Å²) in [5.74, 6) is 0.624. The minimum atomic E-state index is -0.0129. The molecule has 2 rings (SSSR count). The minimum Gasteiger partial charge on any atom is -0.378 e. The van der Waals surface area contributed by atoms with E-state index >= 15 is 0 Å². The third-order valence-corrected chi connectivity index (χ3v) is 4.79. The van der Waals surface area contributed by atoms with Gasteiger partial charge in [-0.2, -0.15) is 0 Å². The van der Waals surface area contributed by atoms with Crippen molar-refractivity contribution in [2.75, 3.05) is 33.5 Å². The van der Waals surface area contributed by atoms with Crippen LogP contribution in [0.25, 0.3) is 0 Å². The molecule has 4 heteroatoms. The molecule has 2 aliphatic heterocycles. The van der Waals surface area contributed by atoms with E-state index in [4.69, 9.17) is 14.2 Å². The van der Waals surface area contributed by atoms with Crippen LogP contribution in [0, 0.1) is 5.92 Å². The largest absolute Gasteiger partial charge is 0.378 e. The Balaban J connectivity index is 2.01. The molecule has 0 aromatic heterocycles. The van der Waals surface area contributed by atoms with Crippen LogP contribution in [0.4, 0.5) is 0 Å². The summed E-state index contributed by atoms with van der Waals surface area (Å²) in [5.41, 5.74) is -0.0129. The molecule has 0 aromatic carbocycles. The fourth-order valence-corrected chi connectivity index (χ4v) is 3.83. The maximum Gasteiger partial charge on any atom is 0.0939 e. The summed E-state index contributed by atoms with van der Waals surface area (Å²) in [4.78, 5) is 0. The van der Waals surface area contributed by atoms with Crippen molar-refractivity contribution in [3.63, 3.8) is 0 Å². The zero-order valence-corrected chi connectivity index (χ0v) is 13.3. The molecule has 0 radical (unpaired) electrons. The van der Waals surface area contributed by atoms with Crippen LogP contribution in [0.5, 0.6) is 0 Å². The van der Waals surface area contributed by atoms with Crippen LogP contribution < -0.4 is 5.32 Å². The van der Waals surface area contributed by atoms with Crippen LogP contribution in [-0.2, 0) is 14.2 Å². The topological polar surface area (TPSA) is 39.7 Å². The molecule has 4 atom stereocenters. The second kappa shape index (κ2) is 7.74. The molecule has 0 bridgehead atoms. The Morgan fingerprint density at radius 2 is 2.20 bits per heavy atom. The number of hydrogen-bond acceptors (Lipinski definition) is 4. The average Bonchev–Trinajstić information content (AvgIpc) is 2.88. The molecule has 0 aliphatic carbocycles. The Bertz CT molecular complexity index is 273. The van der Waals surface area contributed by atoms with Crippen LogP contribution in [0.15, 0.2) is 0 Å². The van der Waals surface area contributed by atoms with Gasteiger partial charge in [0, 0.05) is 32.3 Å². The first-order valence-corrected chi connectivity index (χ1v) is 8.25. The lowest BCUT2D eigenvalue weighted by atomic mass is 9.79. The van der Waals surface area contributed by atoms with Gasteiger partial charge in [0.05, 0.1) is 18.3 Å². The van der Waals surface area contributed by atoms with Crippen molar-refractivity contribution in [2.24, 2.45) is 5.92 Å². The van der Waals surface area contributed by atoms with E-state index in [2.05, 4.69) is 26.2 Å². The number of likely N-dealkylation sites (N-methyl/N-ethyl adjacent to an activating group) is 1. The molecule has 4 nitrogen and oxygen atoms in total. The molecule has 20 heavy (non-hydrogen) atoms. The molecule has 2 aliphatic rings. The van der Waals surface area contributed by atoms with Crippen molar-refractivity contribution < 1.29 is 14.2 Å². The number of nitrogens with one attached hydrogen (secondary N) is 1. The second-order valence-corrected chi connectivity index (χ2v) is 6.18. The zero-order chi connectivity index (χ0) is 14.4. The van der Waals surface area contributed by atoms with Gasteiger partial charge in [0.25, 0.3) is 0 Å². The summed E-state index contributed by atoms with van der Waals surface area (Å²) in [7, 11) is 2.07. The van der Waals surface area contributed by atoms with E-state index < -0.39 is 0 Å². The molecule has 1 N–H and O–H groups in total. The summed E-state index contributed by atoms with van der Waals surface area (Å²) in [6, 6.07) is 0.427. The summed E-state index contributed by atoms with van der Waals surface area (Å²) in [6.45, 7) is 7.59. The fourth-order valence-electron chi connectivity index (χ4n) is 3.83. The van der Waals surface area contributed by atoms with E-state index in [1.54, 1.807) is 0 Å². The van der Waals surface area contributed by atoms with Crippen molar-refractivity contribution >= 4 is 0 Å². The maximum absolute atomic E-state index is 6.06. The van der Waals surface area contributed by atoms with Gasteiger partial charge in [0.1, 0.15) is 0 Å². The Morgan fingerprint density at radius 3 is 2.80 bits per heavy atom. The first kappa shape index (κ1) is 16.2. The van der Waals surface area contributed by atoms with Crippen molar-refractivity contribution in [1.82, 2.24) is 5.32 Å². The van der Waals surface area contributed by atoms with Gasteiger partial charge in [-0.15, -0.1) is 0 Å². The zero-order valence-electron chi connectivity index (χ0n) is 13.3. The smallest absolute Gasteiger partial charge is 0.0939 e. The van der Waals surface area contributed by atoms with Gasteiger partial charge in [-0.25, -0.2) is 0 Å². The lowest BCUT2D eigenvalue weighted by Crippen LogP contribution is -2.51. The van der Waals surface area contributed by atoms with Crippen molar-refractivity contribution in [1.29, 1.82) is 0 Å². The molecule has 4 unspecified atom stereocenters. The molecule has 2 saturated heterocycles. The summed E-state index contributed by atoms with van der Waals surface area (Å²) in [6.07, 6.45) is 5.89. The molecule has 0 aromatic rings. The van der Waals surface area contributed by atoms with Gasteiger partial charge in [-0.05, 0) is 39.2 Å². The van der Waals surface area contributed by atoms with E-state index in [1.807, 2.05) is 0 Å².